The molecule has 1 amide bonds. The van der Waals surface area contributed by atoms with Gasteiger partial charge in [0, 0.05) is 6.54 Å². The summed E-state index contributed by atoms with van der Waals surface area (Å²) in [5, 5.41) is 11.7. The molecule has 0 aromatic heterocycles. The smallest absolute Gasteiger partial charge is 0.258 e. The Labute approximate surface area is 164 Å². The number of hydrogen-bond donors (Lipinski definition) is 1. The summed E-state index contributed by atoms with van der Waals surface area (Å²) in [7, 11) is 0. The highest BCUT2D eigenvalue weighted by atomic mass is 16.5. The molecule has 0 fully saturated rings. The minimum atomic E-state index is -0.230. The molecule has 0 atom stereocenters. The van der Waals surface area contributed by atoms with E-state index in [9.17, 15) is 4.79 Å². The molecular weight excluding hydrogens is 352 g/mol. The zero-order chi connectivity index (χ0) is 19.6. The summed E-state index contributed by atoms with van der Waals surface area (Å²) < 4.78 is 11.2. The van der Waals surface area contributed by atoms with Crippen LogP contribution in [0.1, 0.15) is 16.7 Å². The van der Waals surface area contributed by atoms with Gasteiger partial charge in [-0.15, -0.1) is 0 Å². The van der Waals surface area contributed by atoms with E-state index in [1.807, 2.05) is 48.5 Å². The second kappa shape index (κ2) is 9.79. The number of ether oxygens (including phenoxy) is 2. The number of rotatable bonds is 8. The third kappa shape index (κ3) is 5.89. The van der Waals surface area contributed by atoms with Crippen molar-refractivity contribution in [3.05, 3.63) is 95.6 Å². The van der Waals surface area contributed by atoms with E-state index in [1.165, 1.54) is 0 Å². The number of nitrogens with zero attached hydrogens (tertiary/aromatic N) is 1. The second-order valence-electron chi connectivity index (χ2n) is 6.12. The average molecular weight is 372 g/mol. The van der Waals surface area contributed by atoms with Gasteiger partial charge in [-0.2, -0.15) is 5.26 Å². The highest BCUT2D eigenvalue weighted by Crippen LogP contribution is 2.18. The number of nitrogens with one attached hydrogen (secondary N) is 1. The first-order chi connectivity index (χ1) is 13.7. The van der Waals surface area contributed by atoms with Crippen molar-refractivity contribution < 1.29 is 14.3 Å². The molecule has 1 N–H and O–H groups in total. The number of nitriles is 1. The zero-order valence-electron chi connectivity index (χ0n) is 15.3. The predicted octanol–water partition coefficient (Wildman–Crippen LogP) is 3.83. The van der Waals surface area contributed by atoms with Crippen molar-refractivity contribution in [1.82, 2.24) is 5.32 Å². The molecule has 0 unspecified atom stereocenters. The van der Waals surface area contributed by atoms with Gasteiger partial charge in [-0.25, -0.2) is 0 Å². The Morgan fingerprint density at radius 3 is 2.25 bits per heavy atom. The Kier molecular flexibility index (Phi) is 6.64. The predicted molar refractivity (Wildman–Crippen MR) is 106 cm³/mol. The second-order valence-corrected chi connectivity index (χ2v) is 6.12. The molecule has 0 bridgehead atoms. The molecule has 5 nitrogen and oxygen atoms in total. The molecule has 140 valence electrons. The van der Waals surface area contributed by atoms with Crippen LogP contribution in [-0.2, 0) is 17.9 Å². The van der Waals surface area contributed by atoms with Gasteiger partial charge in [0.2, 0.25) is 0 Å². The molecular formula is C23H20N2O3. The molecule has 5 heteroatoms. The summed E-state index contributed by atoms with van der Waals surface area (Å²) in [6.45, 7) is 0.766. The van der Waals surface area contributed by atoms with Crippen LogP contribution >= 0.6 is 0 Å². The van der Waals surface area contributed by atoms with E-state index < -0.39 is 0 Å². The lowest BCUT2D eigenvalue weighted by Crippen LogP contribution is -2.28. The van der Waals surface area contributed by atoms with Crippen molar-refractivity contribution in [2.45, 2.75) is 13.2 Å². The summed E-state index contributed by atoms with van der Waals surface area (Å²) in [6, 6.07) is 26.3. The van der Waals surface area contributed by atoms with Crippen molar-refractivity contribution in [3.8, 4) is 17.6 Å². The maximum Gasteiger partial charge on any atom is 0.258 e. The highest BCUT2D eigenvalue weighted by molar-refractivity contribution is 5.77. The molecule has 3 aromatic rings. The molecule has 0 saturated heterocycles. The van der Waals surface area contributed by atoms with Gasteiger partial charge in [0.25, 0.3) is 5.91 Å². The Bertz CT molecular complexity index is 948. The fourth-order valence-corrected chi connectivity index (χ4v) is 2.52. The number of amides is 1. The Morgan fingerprint density at radius 1 is 0.857 bits per heavy atom. The minimum absolute atomic E-state index is 0.0812. The fourth-order valence-electron chi connectivity index (χ4n) is 2.52. The summed E-state index contributed by atoms with van der Waals surface area (Å²) in [5.41, 5.74) is 2.53. The van der Waals surface area contributed by atoms with E-state index in [2.05, 4.69) is 11.4 Å². The van der Waals surface area contributed by atoms with E-state index >= 15 is 0 Å². The van der Waals surface area contributed by atoms with E-state index in [4.69, 9.17) is 14.7 Å². The molecule has 0 aliphatic rings. The maximum absolute atomic E-state index is 11.9. The lowest BCUT2D eigenvalue weighted by molar-refractivity contribution is -0.123. The van der Waals surface area contributed by atoms with E-state index in [0.717, 1.165) is 16.9 Å². The van der Waals surface area contributed by atoms with Gasteiger partial charge < -0.3 is 14.8 Å². The van der Waals surface area contributed by atoms with Crippen molar-refractivity contribution in [2.24, 2.45) is 0 Å². The van der Waals surface area contributed by atoms with Gasteiger partial charge in [0.15, 0.2) is 6.61 Å². The molecule has 3 rings (SSSR count). The number of carbonyl (C=O) groups excluding carboxylic acids is 1. The van der Waals surface area contributed by atoms with Gasteiger partial charge in [0.1, 0.15) is 18.1 Å². The molecule has 3 aromatic carbocycles. The standard InChI is InChI=1S/C23H20N2O3/c24-14-19-7-4-8-20(13-19)15-25-23(26)17-28-22-11-9-21(10-12-22)27-16-18-5-2-1-3-6-18/h1-13H,15-17H2,(H,25,26). The molecule has 0 saturated carbocycles. The van der Waals surface area contributed by atoms with Crippen LogP contribution in [0.4, 0.5) is 0 Å². The van der Waals surface area contributed by atoms with E-state index in [1.54, 1.807) is 30.3 Å². The van der Waals surface area contributed by atoms with Gasteiger partial charge in [-0.05, 0) is 47.5 Å². The monoisotopic (exact) mass is 372 g/mol. The fraction of sp³-hybridized carbons (Fsp3) is 0.130. The first-order valence-corrected chi connectivity index (χ1v) is 8.88. The summed E-state index contributed by atoms with van der Waals surface area (Å²) in [4.78, 5) is 11.9. The number of carbonyl (C=O) groups is 1. The quantitative estimate of drug-likeness (QED) is 0.652. The Morgan fingerprint density at radius 2 is 1.54 bits per heavy atom. The number of benzene rings is 3. The molecule has 0 radical (unpaired) electrons. The topological polar surface area (TPSA) is 71.4 Å². The Hall–Kier alpha value is -3.78. The summed E-state index contributed by atoms with van der Waals surface area (Å²) >= 11 is 0. The van der Waals surface area contributed by atoms with Crippen LogP contribution in [0.3, 0.4) is 0 Å². The highest BCUT2D eigenvalue weighted by Gasteiger charge is 2.04. The molecule has 0 spiro atoms. The first kappa shape index (κ1) is 19.0. The maximum atomic E-state index is 11.9. The summed E-state index contributed by atoms with van der Waals surface area (Å²) in [6.07, 6.45) is 0. The van der Waals surface area contributed by atoms with E-state index in [0.29, 0.717) is 24.5 Å². The first-order valence-electron chi connectivity index (χ1n) is 8.88. The van der Waals surface area contributed by atoms with Crippen LogP contribution in [0, 0.1) is 11.3 Å². The van der Waals surface area contributed by atoms with Crippen molar-refractivity contribution >= 4 is 5.91 Å². The van der Waals surface area contributed by atoms with E-state index in [-0.39, 0.29) is 12.5 Å². The average Bonchev–Trinajstić information content (AvgIpc) is 2.76. The normalized spacial score (nSPS) is 9.96. The largest absolute Gasteiger partial charge is 0.489 e. The molecule has 28 heavy (non-hydrogen) atoms. The lowest BCUT2D eigenvalue weighted by Gasteiger charge is -2.09. The van der Waals surface area contributed by atoms with Crippen molar-refractivity contribution in [2.75, 3.05) is 6.61 Å². The Balaban J connectivity index is 1.41. The van der Waals surface area contributed by atoms with Crippen LogP contribution < -0.4 is 14.8 Å². The van der Waals surface area contributed by atoms with Gasteiger partial charge >= 0.3 is 0 Å². The van der Waals surface area contributed by atoms with Crippen molar-refractivity contribution in [3.63, 3.8) is 0 Å². The van der Waals surface area contributed by atoms with Gasteiger partial charge in [-0.1, -0.05) is 42.5 Å². The molecule has 0 aliphatic heterocycles. The van der Waals surface area contributed by atoms with Crippen LogP contribution in [0.2, 0.25) is 0 Å². The third-order valence-electron chi connectivity index (χ3n) is 3.99. The summed E-state index contributed by atoms with van der Waals surface area (Å²) in [5.74, 6) is 1.10. The third-order valence-corrected chi connectivity index (χ3v) is 3.99. The number of hydrogen-bond acceptors (Lipinski definition) is 4. The van der Waals surface area contributed by atoms with Crippen LogP contribution in [0.15, 0.2) is 78.9 Å². The SMILES string of the molecule is N#Cc1cccc(CNC(=O)COc2ccc(OCc3ccccc3)cc2)c1. The van der Waals surface area contributed by atoms with Crippen molar-refractivity contribution in [1.29, 1.82) is 5.26 Å². The van der Waals surface area contributed by atoms with Gasteiger partial charge in [-0.3, -0.25) is 4.79 Å². The van der Waals surface area contributed by atoms with Crippen LogP contribution in [0.5, 0.6) is 11.5 Å². The van der Waals surface area contributed by atoms with Crippen LogP contribution in [0.25, 0.3) is 0 Å². The minimum Gasteiger partial charge on any atom is -0.489 e. The van der Waals surface area contributed by atoms with Crippen LogP contribution in [-0.4, -0.2) is 12.5 Å². The van der Waals surface area contributed by atoms with Gasteiger partial charge in [0.05, 0.1) is 11.6 Å². The lowest BCUT2D eigenvalue weighted by atomic mass is 10.1. The molecule has 0 aliphatic carbocycles. The zero-order valence-corrected chi connectivity index (χ0v) is 15.3. The molecule has 0 heterocycles.